The molecule has 0 bridgehead atoms. The fourth-order valence-corrected chi connectivity index (χ4v) is 3.75. The Bertz CT molecular complexity index is 798. The number of morpholine rings is 1. The number of hydrogen-bond acceptors (Lipinski definition) is 6. The lowest BCUT2D eigenvalue weighted by molar-refractivity contribution is -0.135. The van der Waals surface area contributed by atoms with Gasteiger partial charge in [-0.25, -0.2) is 4.98 Å². The van der Waals surface area contributed by atoms with Gasteiger partial charge in [0.1, 0.15) is 0 Å². The van der Waals surface area contributed by atoms with Crippen molar-refractivity contribution >= 4 is 17.5 Å². The highest BCUT2D eigenvalue weighted by atomic mass is 35.5. The van der Waals surface area contributed by atoms with Crippen LogP contribution in [0.15, 0.2) is 34.9 Å². The van der Waals surface area contributed by atoms with Gasteiger partial charge >= 0.3 is 0 Å². The first-order valence-corrected chi connectivity index (χ1v) is 10.1. The molecule has 2 saturated heterocycles. The first-order valence-electron chi connectivity index (χ1n) is 9.68. The fourth-order valence-electron chi connectivity index (χ4n) is 3.56. The third-order valence-corrected chi connectivity index (χ3v) is 5.44. The molecule has 2 aliphatic rings. The van der Waals surface area contributed by atoms with Crippen LogP contribution in [-0.2, 0) is 16.1 Å². The van der Waals surface area contributed by atoms with Crippen molar-refractivity contribution in [2.24, 2.45) is 0 Å². The molecule has 0 spiro atoms. The molecule has 4 rings (SSSR count). The van der Waals surface area contributed by atoms with Crippen LogP contribution in [0.2, 0.25) is 5.02 Å². The predicted molar refractivity (Wildman–Crippen MR) is 106 cm³/mol. The third kappa shape index (κ3) is 4.91. The van der Waals surface area contributed by atoms with Crippen molar-refractivity contribution in [3.8, 4) is 11.3 Å². The summed E-state index contributed by atoms with van der Waals surface area (Å²) in [6.07, 6.45) is 1.74. The molecule has 0 saturated carbocycles. The molecule has 0 radical (unpaired) electrons. The summed E-state index contributed by atoms with van der Waals surface area (Å²) >= 11 is 6.05. The Labute approximate surface area is 169 Å². The molecule has 3 heterocycles. The number of hydrogen-bond donors (Lipinski definition) is 0. The number of rotatable bonds is 5. The second-order valence-electron chi connectivity index (χ2n) is 7.17. The number of benzene rings is 1. The summed E-state index contributed by atoms with van der Waals surface area (Å²) in [5.41, 5.74) is 0.921. The maximum atomic E-state index is 12.5. The summed E-state index contributed by atoms with van der Waals surface area (Å²) in [7, 11) is 0. The summed E-state index contributed by atoms with van der Waals surface area (Å²) < 4.78 is 11.2. The van der Waals surface area contributed by atoms with Gasteiger partial charge in [-0.3, -0.25) is 14.6 Å². The Kier molecular flexibility index (Phi) is 6.26. The second kappa shape index (κ2) is 9.05. The monoisotopic (exact) mass is 404 g/mol. The number of ether oxygens (including phenoxy) is 1. The first kappa shape index (κ1) is 19.4. The molecule has 8 heteroatoms. The van der Waals surface area contributed by atoms with Crippen LogP contribution in [-0.4, -0.2) is 84.6 Å². The Morgan fingerprint density at radius 3 is 2.61 bits per heavy atom. The number of carbonyl (C=O) groups is 1. The standard InChI is InChI=1S/C20H25ClN4O3/c21-17-3-1-2-16(12-17)18-13-22-19(28-18)14-23-4-6-25(7-5-23)20(26)15-24-8-10-27-11-9-24/h1-3,12-13H,4-11,14-15H2. The average Bonchev–Trinajstić information content (AvgIpc) is 3.18. The minimum atomic E-state index is 0.209. The van der Waals surface area contributed by atoms with Crippen LogP contribution < -0.4 is 0 Å². The summed E-state index contributed by atoms with van der Waals surface area (Å²) in [6.45, 7) is 7.38. The van der Waals surface area contributed by atoms with Crippen molar-refractivity contribution in [1.82, 2.24) is 19.7 Å². The molecular weight excluding hydrogens is 380 g/mol. The van der Waals surface area contributed by atoms with E-state index in [1.165, 1.54) is 0 Å². The van der Waals surface area contributed by atoms with Crippen molar-refractivity contribution in [2.45, 2.75) is 6.54 Å². The van der Waals surface area contributed by atoms with E-state index < -0.39 is 0 Å². The molecule has 1 aromatic carbocycles. The molecule has 0 N–H and O–H groups in total. The van der Waals surface area contributed by atoms with E-state index in [0.29, 0.717) is 37.2 Å². The summed E-state index contributed by atoms with van der Waals surface area (Å²) in [5, 5.41) is 0.674. The summed E-state index contributed by atoms with van der Waals surface area (Å²) in [5.74, 6) is 1.61. The van der Waals surface area contributed by atoms with E-state index in [9.17, 15) is 4.79 Å². The van der Waals surface area contributed by atoms with E-state index in [0.717, 1.165) is 50.6 Å². The lowest BCUT2D eigenvalue weighted by Gasteiger charge is -2.35. The smallest absolute Gasteiger partial charge is 0.236 e. The number of carbonyl (C=O) groups excluding carboxylic acids is 1. The van der Waals surface area contributed by atoms with Gasteiger partial charge in [-0.1, -0.05) is 23.7 Å². The second-order valence-corrected chi connectivity index (χ2v) is 7.61. The molecule has 7 nitrogen and oxygen atoms in total. The molecule has 28 heavy (non-hydrogen) atoms. The molecule has 2 fully saturated rings. The highest BCUT2D eigenvalue weighted by Crippen LogP contribution is 2.24. The molecule has 2 aliphatic heterocycles. The van der Waals surface area contributed by atoms with Gasteiger partial charge in [0, 0.05) is 49.9 Å². The van der Waals surface area contributed by atoms with Crippen LogP contribution in [0.3, 0.4) is 0 Å². The summed E-state index contributed by atoms with van der Waals surface area (Å²) in [6, 6.07) is 7.55. The number of piperazine rings is 1. The van der Waals surface area contributed by atoms with Crippen LogP contribution in [0, 0.1) is 0 Å². The summed E-state index contributed by atoms with van der Waals surface area (Å²) in [4.78, 5) is 23.3. The lowest BCUT2D eigenvalue weighted by Crippen LogP contribution is -2.52. The van der Waals surface area contributed by atoms with Crippen LogP contribution in [0.4, 0.5) is 0 Å². The molecule has 1 amide bonds. The molecule has 0 atom stereocenters. The SMILES string of the molecule is O=C(CN1CCOCC1)N1CCN(Cc2ncc(-c3cccc(Cl)c3)o2)CC1. The van der Waals surface area contributed by atoms with Crippen molar-refractivity contribution in [3.63, 3.8) is 0 Å². The van der Waals surface area contributed by atoms with E-state index in [-0.39, 0.29) is 5.91 Å². The van der Waals surface area contributed by atoms with E-state index in [1.807, 2.05) is 29.2 Å². The van der Waals surface area contributed by atoms with Crippen molar-refractivity contribution < 1.29 is 13.9 Å². The molecule has 1 aromatic heterocycles. The van der Waals surface area contributed by atoms with E-state index in [4.69, 9.17) is 20.8 Å². The lowest BCUT2D eigenvalue weighted by atomic mass is 10.2. The van der Waals surface area contributed by atoms with E-state index in [2.05, 4.69) is 14.8 Å². The topological polar surface area (TPSA) is 62.1 Å². The first-order chi connectivity index (χ1) is 13.7. The molecule has 2 aromatic rings. The normalized spacial score (nSPS) is 19.1. The van der Waals surface area contributed by atoms with Crippen molar-refractivity contribution in [1.29, 1.82) is 0 Å². The largest absolute Gasteiger partial charge is 0.439 e. The number of oxazole rings is 1. The van der Waals surface area contributed by atoms with E-state index >= 15 is 0 Å². The number of halogens is 1. The Morgan fingerprint density at radius 1 is 1.07 bits per heavy atom. The number of aromatic nitrogens is 1. The average molecular weight is 405 g/mol. The predicted octanol–water partition coefficient (Wildman–Crippen LogP) is 1.97. The van der Waals surface area contributed by atoms with Gasteiger partial charge in [0.2, 0.25) is 11.8 Å². The van der Waals surface area contributed by atoms with Crippen LogP contribution in [0.25, 0.3) is 11.3 Å². The van der Waals surface area contributed by atoms with Crippen LogP contribution in [0.1, 0.15) is 5.89 Å². The maximum absolute atomic E-state index is 12.5. The van der Waals surface area contributed by atoms with Gasteiger partial charge < -0.3 is 14.1 Å². The van der Waals surface area contributed by atoms with Crippen LogP contribution in [0.5, 0.6) is 0 Å². The molecule has 0 unspecified atom stereocenters. The third-order valence-electron chi connectivity index (χ3n) is 5.21. The quantitative estimate of drug-likeness (QED) is 0.759. The van der Waals surface area contributed by atoms with Crippen molar-refractivity contribution in [2.75, 3.05) is 59.0 Å². The number of nitrogens with zero attached hydrogens (tertiary/aromatic N) is 4. The van der Waals surface area contributed by atoms with Crippen LogP contribution >= 0.6 is 11.6 Å². The Hall–Kier alpha value is -1.93. The van der Waals surface area contributed by atoms with Gasteiger partial charge in [0.15, 0.2) is 5.76 Å². The molecule has 150 valence electrons. The van der Waals surface area contributed by atoms with E-state index in [1.54, 1.807) is 6.20 Å². The van der Waals surface area contributed by atoms with Crippen molar-refractivity contribution in [3.05, 3.63) is 41.4 Å². The van der Waals surface area contributed by atoms with Gasteiger partial charge in [-0.2, -0.15) is 0 Å². The number of amides is 1. The highest BCUT2D eigenvalue weighted by Gasteiger charge is 2.24. The molecule has 0 aliphatic carbocycles. The minimum Gasteiger partial charge on any atom is -0.439 e. The zero-order valence-electron chi connectivity index (χ0n) is 15.8. The minimum absolute atomic E-state index is 0.209. The fraction of sp³-hybridized carbons (Fsp3) is 0.500. The van der Waals surface area contributed by atoms with Gasteiger partial charge in [0.25, 0.3) is 0 Å². The maximum Gasteiger partial charge on any atom is 0.236 e. The molecular formula is C20H25ClN4O3. The Balaban J connectivity index is 1.26. The highest BCUT2D eigenvalue weighted by molar-refractivity contribution is 6.30. The zero-order valence-corrected chi connectivity index (χ0v) is 16.6. The van der Waals surface area contributed by atoms with Gasteiger partial charge in [-0.05, 0) is 12.1 Å². The zero-order chi connectivity index (χ0) is 19.3. The van der Waals surface area contributed by atoms with Gasteiger partial charge in [0.05, 0.1) is 32.5 Å². The Morgan fingerprint density at radius 2 is 1.86 bits per heavy atom. The van der Waals surface area contributed by atoms with Gasteiger partial charge in [-0.15, -0.1) is 0 Å².